The predicted octanol–water partition coefficient (Wildman–Crippen LogP) is 2.68. The van der Waals surface area contributed by atoms with E-state index in [0.717, 1.165) is 17.9 Å². The van der Waals surface area contributed by atoms with E-state index in [-0.39, 0.29) is 0 Å². The lowest BCUT2D eigenvalue weighted by Gasteiger charge is -2.15. The highest BCUT2D eigenvalue weighted by molar-refractivity contribution is 5.37. The summed E-state index contributed by atoms with van der Waals surface area (Å²) >= 11 is 0. The molecule has 16 heavy (non-hydrogen) atoms. The maximum Gasteiger partial charge on any atom is 0.148 e. The third-order valence-corrected chi connectivity index (χ3v) is 2.52. The molecule has 0 aromatic heterocycles. The molecule has 1 unspecified atom stereocenters. The molecule has 0 fully saturated rings. The lowest BCUT2D eigenvalue weighted by molar-refractivity contribution is 0.367. The van der Waals surface area contributed by atoms with Gasteiger partial charge in [-0.25, -0.2) is 0 Å². The summed E-state index contributed by atoms with van der Waals surface area (Å²) in [6, 6.07) is 6.56. The first-order chi connectivity index (χ1) is 7.69. The molecule has 1 atom stereocenters. The molecule has 0 spiro atoms. The smallest absolute Gasteiger partial charge is 0.148 e. The summed E-state index contributed by atoms with van der Waals surface area (Å²) in [5.74, 6) is 3.33. The molecule has 1 N–H and O–H groups in total. The van der Waals surface area contributed by atoms with Crippen molar-refractivity contribution in [3.05, 3.63) is 29.3 Å². The van der Waals surface area contributed by atoms with Gasteiger partial charge >= 0.3 is 0 Å². The van der Waals surface area contributed by atoms with Crippen molar-refractivity contribution in [1.29, 1.82) is 0 Å². The molecule has 0 saturated carbocycles. The molecule has 1 aromatic rings. The molecule has 0 heterocycles. The minimum absolute atomic E-state index is 0.322. The molecule has 1 aromatic carbocycles. The zero-order valence-corrected chi connectivity index (χ0v) is 10.2. The number of terminal acetylenes is 1. The normalized spacial score (nSPS) is 11.9. The van der Waals surface area contributed by atoms with Crippen molar-refractivity contribution in [2.75, 3.05) is 13.2 Å². The summed E-state index contributed by atoms with van der Waals surface area (Å²) in [6.07, 6.45) is 5.16. The Balaban J connectivity index is 2.78. The van der Waals surface area contributed by atoms with Crippen LogP contribution in [0.4, 0.5) is 0 Å². The van der Waals surface area contributed by atoms with Crippen LogP contribution >= 0.6 is 0 Å². The van der Waals surface area contributed by atoms with Gasteiger partial charge in [-0.05, 0) is 37.6 Å². The Morgan fingerprint density at radius 3 is 2.81 bits per heavy atom. The van der Waals surface area contributed by atoms with E-state index in [1.54, 1.807) is 0 Å². The van der Waals surface area contributed by atoms with Gasteiger partial charge in [-0.2, -0.15) is 0 Å². The van der Waals surface area contributed by atoms with E-state index in [1.807, 2.05) is 13.0 Å². The van der Waals surface area contributed by atoms with Crippen molar-refractivity contribution in [3.8, 4) is 18.1 Å². The zero-order chi connectivity index (χ0) is 12.0. The van der Waals surface area contributed by atoms with Gasteiger partial charge in [0.1, 0.15) is 12.4 Å². The Bertz CT molecular complexity index is 379. The van der Waals surface area contributed by atoms with Gasteiger partial charge in [-0.15, -0.1) is 6.42 Å². The predicted molar refractivity (Wildman–Crippen MR) is 67.6 cm³/mol. The second-order valence-corrected chi connectivity index (χ2v) is 3.80. The first-order valence-electron chi connectivity index (χ1n) is 5.59. The Morgan fingerprint density at radius 2 is 2.25 bits per heavy atom. The summed E-state index contributed by atoms with van der Waals surface area (Å²) in [6.45, 7) is 7.58. The summed E-state index contributed by atoms with van der Waals surface area (Å²) < 4.78 is 5.42. The van der Waals surface area contributed by atoms with Crippen LogP contribution in [-0.2, 0) is 0 Å². The van der Waals surface area contributed by atoms with Crippen molar-refractivity contribution in [1.82, 2.24) is 5.32 Å². The second kappa shape index (κ2) is 6.19. The number of aryl methyl sites for hydroxylation is 1. The molecule has 0 aliphatic carbocycles. The maximum absolute atomic E-state index is 5.42. The Hall–Kier alpha value is -1.46. The molecule has 86 valence electrons. The topological polar surface area (TPSA) is 21.3 Å². The van der Waals surface area contributed by atoms with Gasteiger partial charge in [0.05, 0.1) is 0 Å². The molecular formula is C14H19NO. The summed E-state index contributed by atoms with van der Waals surface area (Å²) in [4.78, 5) is 0. The van der Waals surface area contributed by atoms with Crippen LogP contribution in [0.15, 0.2) is 18.2 Å². The van der Waals surface area contributed by atoms with E-state index in [1.165, 1.54) is 5.56 Å². The quantitative estimate of drug-likeness (QED) is 0.766. The van der Waals surface area contributed by atoms with E-state index in [0.29, 0.717) is 12.6 Å². The van der Waals surface area contributed by atoms with Crippen LogP contribution in [-0.4, -0.2) is 13.2 Å². The third kappa shape index (κ3) is 3.29. The monoisotopic (exact) mass is 217 g/mol. The molecule has 0 aliphatic heterocycles. The summed E-state index contributed by atoms with van der Waals surface area (Å²) in [5, 5.41) is 3.38. The molecule has 2 heteroatoms. The van der Waals surface area contributed by atoms with Crippen LogP contribution in [0.2, 0.25) is 0 Å². The van der Waals surface area contributed by atoms with Crippen LogP contribution in [0, 0.1) is 19.3 Å². The van der Waals surface area contributed by atoms with E-state index < -0.39 is 0 Å². The average molecular weight is 217 g/mol. The number of ether oxygens (including phenoxy) is 1. The minimum atomic E-state index is 0.322. The minimum Gasteiger partial charge on any atom is -0.481 e. The number of hydrogen-bond donors (Lipinski definition) is 1. The fourth-order valence-electron chi connectivity index (χ4n) is 1.65. The number of nitrogens with one attached hydrogen (secondary N) is 1. The Kier molecular flexibility index (Phi) is 4.88. The molecule has 0 bridgehead atoms. The van der Waals surface area contributed by atoms with Gasteiger partial charge in [-0.1, -0.05) is 25.0 Å². The number of benzene rings is 1. The fourth-order valence-corrected chi connectivity index (χ4v) is 1.65. The van der Waals surface area contributed by atoms with Crippen molar-refractivity contribution in [2.45, 2.75) is 26.8 Å². The highest BCUT2D eigenvalue weighted by Gasteiger charge is 2.06. The third-order valence-electron chi connectivity index (χ3n) is 2.52. The van der Waals surface area contributed by atoms with Crippen molar-refractivity contribution in [3.63, 3.8) is 0 Å². The number of hydrogen-bond acceptors (Lipinski definition) is 2. The molecule has 0 saturated heterocycles. The maximum atomic E-state index is 5.42. The van der Waals surface area contributed by atoms with Crippen LogP contribution in [0.5, 0.6) is 5.75 Å². The Morgan fingerprint density at radius 1 is 1.50 bits per heavy atom. The van der Waals surface area contributed by atoms with E-state index in [2.05, 4.69) is 37.2 Å². The van der Waals surface area contributed by atoms with Gasteiger partial charge in [0, 0.05) is 6.04 Å². The second-order valence-electron chi connectivity index (χ2n) is 3.80. The fraction of sp³-hybridized carbons (Fsp3) is 0.429. The standard InChI is InChI=1S/C14H19NO/c1-5-9-16-14-8-7-13(10-11(14)3)12(4)15-6-2/h1,7-8,10,12,15H,6,9H2,2-4H3. The molecular weight excluding hydrogens is 198 g/mol. The van der Waals surface area contributed by atoms with E-state index >= 15 is 0 Å². The molecule has 1 rings (SSSR count). The molecule has 0 aliphatic rings. The average Bonchev–Trinajstić information content (AvgIpc) is 2.27. The highest BCUT2D eigenvalue weighted by Crippen LogP contribution is 2.22. The van der Waals surface area contributed by atoms with Crippen LogP contribution in [0.1, 0.15) is 31.0 Å². The Labute approximate surface area is 98.0 Å². The van der Waals surface area contributed by atoms with Crippen LogP contribution in [0.3, 0.4) is 0 Å². The molecule has 0 radical (unpaired) electrons. The van der Waals surface area contributed by atoms with Crippen LogP contribution < -0.4 is 10.1 Å². The summed E-state index contributed by atoms with van der Waals surface area (Å²) in [7, 11) is 0. The van der Waals surface area contributed by atoms with Crippen molar-refractivity contribution < 1.29 is 4.74 Å². The van der Waals surface area contributed by atoms with Crippen LogP contribution in [0.25, 0.3) is 0 Å². The largest absolute Gasteiger partial charge is 0.481 e. The lowest BCUT2D eigenvalue weighted by atomic mass is 10.1. The first kappa shape index (κ1) is 12.6. The van der Waals surface area contributed by atoms with Gasteiger partial charge in [-0.3, -0.25) is 0 Å². The SMILES string of the molecule is C#CCOc1ccc(C(C)NCC)cc1C. The lowest BCUT2D eigenvalue weighted by Crippen LogP contribution is -2.17. The van der Waals surface area contributed by atoms with Crippen molar-refractivity contribution >= 4 is 0 Å². The van der Waals surface area contributed by atoms with Gasteiger partial charge in [0.2, 0.25) is 0 Å². The van der Waals surface area contributed by atoms with Gasteiger partial charge < -0.3 is 10.1 Å². The summed E-state index contributed by atoms with van der Waals surface area (Å²) in [5.41, 5.74) is 2.39. The van der Waals surface area contributed by atoms with Gasteiger partial charge in [0.25, 0.3) is 0 Å². The zero-order valence-electron chi connectivity index (χ0n) is 10.2. The first-order valence-corrected chi connectivity index (χ1v) is 5.59. The molecule has 0 amide bonds. The molecule has 2 nitrogen and oxygen atoms in total. The van der Waals surface area contributed by atoms with E-state index in [4.69, 9.17) is 11.2 Å². The van der Waals surface area contributed by atoms with E-state index in [9.17, 15) is 0 Å². The van der Waals surface area contributed by atoms with Crippen molar-refractivity contribution in [2.24, 2.45) is 0 Å². The van der Waals surface area contributed by atoms with Gasteiger partial charge in [0.15, 0.2) is 0 Å². The number of rotatable bonds is 5. The highest BCUT2D eigenvalue weighted by atomic mass is 16.5.